The summed E-state index contributed by atoms with van der Waals surface area (Å²) in [6, 6.07) is 15.8. The molecule has 0 heterocycles. The van der Waals surface area contributed by atoms with Gasteiger partial charge in [0, 0.05) is 22.7 Å². The first-order valence-corrected chi connectivity index (χ1v) is 11.2. The molecule has 3 rings (SSSR count). The van der Waals surface area contributed by atoms with Crippen LogP contribution >= 0.6 is 0 Å². The summed E-state index contributed by atoms with van der Waals surface area (Å²) in [6.45, 7) is 16.7. The molecule has 0 atom stereocenters. The molecule has 0 bridgehead atoms. The second-order valence-electron chi connectivity index (χ2n) is 11.1. The minimum absolute atomic E-state index is 0.233. The van der Waals surface area contributed by atoms with Crippen molar-refractivity contribution in [3.05, 3.63) is 87.5 Å². The normalized spacial score (nSPS) is 12.4. The van der Waals surface area contributed by atoms with E-state index in [-0.39, 0.29) is 22.3 Å². The zero-order valence-corrected chi connectivity index (χ0v) is 20.7. The molecule has 0 saturated carbocycles. The van der Waals surface area contributed by atoms with E-state index >= 15 is 0 Å². The van der Waals surface area contributed by atoms with Crippen molar-refractivity contribution < 1.29 is 10.2 Å². The molecule has 32 heavy (non-hydrogen) atoms. The third-order valence-corrected chi connectivity index (χ3v) is 6.11. The molecular weight excluding hydrogens is 394 g/mol. The number of rotatable bonds is 3. The number of aryl methyl sites for hydroxylation is 2. The lowest BCUT2D eigenvalue weighted by molar-refractivity contribution is 0.431. The van der Waals surface area contributed by atoms with Crippen LogP contribution in [-0.2, 0) is 10.8 Å². The Morgan fingerprint density at radius 2 is 1.06 bits per heavy atom. The number of aromatic hydroxyl groups is 2. The lowest BCUT2D eigenvalue weighted by Crippen LogP contribution is -2.16. The largest absolute Gasteiger partial charge is 0.507 e. The van der Waals surface area contributed by atoms with Gasteiger partial charge >= 0.3 is 0 Å². The minimum atomic E-state index is -0.404. The summed E-state index contributed by atoms with van der Waals surface area (Å²) in [7, 11) is 0. The van der Waals surface area contributed by atoms with Gasteiger partial charge in [-0.1, -0.05) is 95.1 Å². The molecule has 0 fully saturated rings. The van der Waals surface area contributed by atoms with Crippen molar-refractivity contribution in [3.63, 3.8) is 0 Å². The van der Waals surface area contributed by atoms with Crippen LogP contribution in [-0.4, -0.2) is 10.2 Å². The Morgan fingerprint density at radius 1 is 0.656 bits per heavy atom. The number of benzene rings is 3. The average molecular weight is 432 g/mol. The van der Waals surface area contributed by atoms with Crippen LogP contribution < -0.4 is 5.73 Å². The van der Waals surface area contributed by atoms with E-state index in [2.05, 4.69) is 41.5 Å². The molecule has 3 nitrogen and oxygen atoms in total. The van der Waals surface area contributed by atoms with Crippen molar-refractivity contribution in [2.75, 3.05) is 5.73 Å². The Hall–Kier alpha value is -2.94. The molecule has 0 amide bonds. The molecule has 0 aliphatic heterocycles. The quantitative estimate of drug-likeness (QED) is 0.307. The highest BCUT2D eigenvalue weighted by molar-refractivity contribution is 5.64. The van der Waals surface area contributed by atoms with Gasteiger partial charge in [0.25, 0.3) is 0 Å². The van der Waals surface area contributed by atoms with Crippen LogP contribution in [0.25, 0.3) is 0 Å². The Kier molecular flexibility index (Phi) is 6.08. The number of hydrogen-bond acceptors (Lipinski definition) is 3. The average Bonchev–Trinajstić information content (AvgIpc) is 2.66. The molecule has 3 aromatic rings. The molecule has 170 valence electrons. The number of hydrogen-bond donors (Lipinski definition) is 3. The zero-order valence-electron chi connectivity index (χ0n) is 20.7. The summed E-state index contributed by atoms with van der Waals surface area (Å²) in [5.74, 6) is 0.113. The molecular formula is C29H37NO2. The van der Waals surface area contributed by atoms with Gasteiger partial charge in [-0.2, -0.15) is 0 Å². The maximum absolute atomic E-state index is 11.5. The van der Waals surface area contributed by atoms with Crippen LogP contribution in [0, 0.1) is 13.8 Å². The minimum Gasteiger partial charge on any atom is -0.507 e. The zero-order chi connectivity index (χ0) is 24.0. The predicted molar refractivity (Wildman–Crippen MR) is 135 cm³/mol. The van der Waals surface area contributed by atoms with E-state index in [0.717, 1.165) is 38.9 Å². The summed E-state index contributed by atoms with van der Waals surface area (Å²) < 4.78 is 0. The van der Waals surface area contributed by atoms with Gasteiger partial charge in [-0.15, -0.1) is 0 Å². The standard InChI is InChI=1S/C29H37NO2/c1-17-13-20(26(31)22(15-17)28(3,4)5)25(19-11-9-10-12-24(19)30)21-14-18(2)16-23(27(21)32)29(6,7)8/h9-16,25,31-32H,30H2,1-8H3. The lowest BCUT2D eigenvalue weighted by atomic mass is 9.76. The molecule has 0 unspecified atom stereocenters. The van der Waals surface area contributed by atoms with Crippen LogP contribution in [0.3, 0.4) is 0 Å². The number of phenols is 2. The number of nitrogen functional groups attached to an aromatic ring is 1. The summed E-state index contributed by atoms with van der Waals surface area (Å²) >= 11 is 0. The Morgan fingerprint density at radius 3 is 1.44 bits per heavy atom. The molecule has 3 heteroatoms. The fourth-order valence-electron chi connectivity index (χ4n) is 4.47. The summed E-state index contributed by atoms with van der Waals surface area (Å²) in [4.78, 5) is 0. The highest BCUT2D eigenvalue weighted by atomic mass is 16.3. The summed E-state index contributed by atoms with van der Waals surface area (Å²) in [5, 5.41) is 23.0. The molecule has 4 N–H and O–H groups in total. The third-order valence-electron chi connectivity index (χ3n) is 6.11. The fourth-order valence-corrected chi connectivity index (χ4v) is 4.47. The third kappa shape index (κ3) is 4.48. The first-order chi connectivity index (χ1) is 14.7. The Labute approximate surface area is 192 Å². The second-order valence-corrected chi connectivity index (χ2v) is 11.1. The Balaban J connectivity index is 2.45. The van der Waals surface area contributed by atoms with Crippen molar-refractivity contribution >= 4 is 5.69 Å². The van der Waals surface area contributed by atoms with Crippen molar-refractivity contribution in [1.82, 2.24) is 0 Å². The molecule has 0 saturated heterocycles. The van der Waals surface area contributed by atoms with Gasteiger partial charge in [-0.25, -0.2) is 0 Å². The topological polar surface area (TPSA) is 66.5 Å². The van der Waals surface area contributed by atoms with Crippen LogP contribution in [0.5, 0.6) is 11.5 Å². The van der Waals surface area contributed by atoms with Gasteiger partial charge in [0.2, 0.25) is 0 Å². The molecule has 0 aromatic heterocycles. The van der Waals surface area contributed by atoms with Gasteiger partial charge < -0.3 is 15.9 Å². The van der Waals surface area contributed by atoms with E-state index in [1.54, 1.807) is 0 Å². The van der Waals surface area contributed by atoms with E-state index in [1.807, 2.05) is 62.4 Å². The predicted octanol–water partition coefficient (Wildman–Crippen LogP) is 7.07. The fraction of sp³-hybridized carbons (Fsp3) is 0.379. The molecule has 0 aliphatic carbocycles. The molecule has 0 spiro atoms. The van der Waals surface area contributed by atoms with Gasteiger partial charge in [-0.05, 0) is 47.4 Å². The molecule has 3 aromatic carbocycles. The maximum atomic E-state index is 11.5. The van der Waals surface area contributed by atoms with Gasteiger partial charge in [0.1, 0.15) is 11.5 Å². The summed E-state index contributed by atoms with van der Waals surface area (Å²) in [5.41, 5.74) is 12.9. The van der Waals surface area contributed by atoms with Crippen LogP contribution in [0.2, 0.25) is 0 Å². The summed E-state index contributed by atoms with van der Waals surface area (Å²) in [6.07, 6.45) is 0. The van der Waals surface area contributed by atoms with Crippen LogP contribution in [0.4, 0.5) is 5.69 Å². The highest BCUT2D eigenvalue weighted by Gasteiger charge is 2.31. The van der Waals surface area contributed by atoms with E-state index in [4.69, 9.17) is 5.73 Å². The van der Waals surface area contributed by atoms with Gasteiger partial charge in [-0.3, -0.25) is 0 Å². The van der Waals surface area contributed by atoms with E-state index in [1.165, 1.54) is 0 Å². The number of para-hydroxylation sites is 1. The van der Waals surface area contributed by atoms with Crippen molar-refractivity contribution in [1.29, 1.82) is 0 Å². The van der Waals surface area contributed by atoms with Crippen molar-refractivity contribution in [3.8, 4) is 11.5 Å². The molecule has 0 aliphatic rings. The van der Waals surface area contributed by atoms with Crippen molar-refractivity contribution in [2.24, 2.45) is 0 Å². The van der Waals surface area contributed by atoms with E-state index in [0.29, 0.717) is 5.69 Å². The van der Waals surface area contributed by atoms with E-state index in [9.17, 15) is 10.2 Å². The Bertz CT molecular complexity index is 1080. The van der Waals surface area contributed by atoms with Crippen molar-refractivity contribution in [2.45, 2.75) is 72.1 Å². The second kappa shape index (κ2) is 8.20. The lowest BCUT2D eigenvalue weighted by Gasteiger charge is -2.30. The first kappa shape index (κ1) is 23.7. The number of anilines is 1. The number of phenolic OH excluding ortho intramolecular Hbond substituents is 2. The number of nitrogens with two attached hydrogens (primary N) is 1. The van der Waals surface area contributed by atoms with Gasteiger partial charge in [0.15, 0.2) is 0 Å². The highest BCUT2D eigenvalue weighted by Crippen LogP contribution is 2.48. The maximum Gasteiger partial charge on any atom is 0.123 e. The SMILES string of the molecule is Cc1cc(C(c2ccccc2N)c2cc(C)cc(C(C)(C)C)c2O)c(O)c(C(C)(C)C)c1. The van der Waals surface area contributed by atoms with Crippen LogP contribution in [0.1, 0.15) is 86.4 Å². The smallest absolute Gasteiger partial charge is 0.123 e. The first-order valence-electron chi connectivity index (χ1n) is 11.2. The monoisotopic (exact) mass is 431 g/mol. The molecule has 0 radical (unpaired) electrons. The van der Waals surface area contributed by atoms with Gasteiger partial charge in [0.05, 0.1) is 0 Å². The van der Waals surface area contributed by atoms with Crippen LogP contribution in [0.15, 0.2) is 48.5 Å². The van der Waals surface area contributed by atoms with E-state index < -0.39 is 5.92 Å².